The zero-order chi connectivity index (χ0) is 17.3. The smallest absolute Gasteiger partial charge is 0.456 e. The van der Waals surface area contributed by atoms with Gasteiger partial charge in [0, 0.05) is 16.2 Å². The predicted octanol–water partition coefficient (Wildman–Crippen LogP) is 3.57. The van der Waals surface area contributed by atoms with E-state index in [4.69, 9.17) is 4.42 Å². The van der Waals surface area contributed by atoms with E-state index in [1.165, 1.54) is 11.1 Å². The van der Waals surface area contributed by atoms with Crippen LogP contribution >= 0.6 is 0 Å². The Balaban J connectivity index is 1.94. The van der Waals surface area contributed by atoms with E-state index in [2.05, 4.69) is 26.0 Å². The zero-order valence-corrected chi connectivity index (χ0v) is 14.1. The largest absolute Gasteiger partial charge is 0.488 e. The average Bonchev–Trinajstić information content (AvgIpc) is 3.08. The van der Waals surface area contributed by atoms with Crippen molar-refractivity contribution in [3.63, 3.8) is 0 Å². The Morgan fingerprint density at radius 1 is 0.880 bits per heavy atom. The molecule has 25 heavy (non-hydrogen) atoms. The summed E-state index contributed by atoms with van der Waals surface area (Å²) >= 11 is 0. The van der Waals surface area contributed by atoms with Crippen LogP contribution in [0.5, 0.6) is 0 Å². The molecule has 3 aromatic carbocycles. The lowest BCUT2D eigenvalue weighted by molar-refractivity contribution is 0.425. The highest BCUT2D eigenvalue weighted by molar-refractivity contribution is 6.58. The molecule has 122 valence electrons. The molecule has 0 spiro atoms. The van der Waals surface area contributed by atoms with Gasteiger partial charge >= 0.3 is 7.12 Å². The Labute approximate surface area is 145 Å². The normalized spacial score (nSPS) is 14.7. The monoisotopic (exact) mass is 328 g/mol. The molecule has 0 amide bonds. The van der Waals surface area contributed by atoms with E-state index in [0.29, 0.717) is 5.46 Å². The van der Waals surface area contributed by atoms with Gasteiger partial charge in [0.15, 0.2) is 0 Å². The lowest BCUT2D eigenvalue weighted by atomic mass is 9.75. The number of rotatable bonds is 1. The summed E-state index contributed by atoms with van der Waals surface area (Å²) in [5.74, 6) is 0. The van der Waals surface area contributed by atoms with Crippen LogP contribution in [0.25, 0.3) is 33.1 Å². The topological polar surface area (TPSA) is 53.6 Å². The molecule has 0 aliphatic heterocycles. The average molecular weight is 328 g/mol. The maximum Gasteiger partial charge on any atom is 0.488 e. The van der Waals surface area contributed by atoms with Crippen molar-refractivity contribution in [3.05, 3.63) is 65.7 Å². The van der Waals surface area contributed by atoms with Crippen LogP contribution in [0, 0.1) is 0 Å². The van der Waals surface area contributed by atoms with E-state index in [9.17, 15) is 10.0 Å². The SMILES string of the molecule is CC1(C)c2cc(B(O)O)ccc2-c2c1ccc1oc3ccccc3c21. The first-order chi connectivity index (χ1) is 12.0. The van der Waals surface area contributed by atoms with Crippen molar-refractivity contribution in [2.45, 2.75) is 19.3 Å². The summed E-state index contributed by atoms with van der Waals surface area (Å²) in [6.07, 6.45) is 0. The Morgan fingerprint density at radius 2 is 1.68 bits per heavy atom. The maximum absolute atomic E-state index is 9.56. The van der Waals surface area contributed by atoms with Gasteiger partial charge < -0.3 is 14.5 Å². The molecule has 0 bridgehead atoms. The molecule has 2 N–H and O–H groups in total. The van der Waals surface area contributed by atoms with E-state index < -0.39 is 7.12 Å². The van der Waals surface area contributed by atoms with E-state index >= 15 is 0 Å². The molecule has 0 fully saturated rings. The van der Waals surface area contributed by atoms with E-state index in [0.717, 1.165) is 33.1 Å². The molecule has 4 heteroatoms. The summed E-state index contributed by atoms with van der Waals surface area (Å²) in [5, 5.41) is 21.4. The number of fused-ring (bicyclic) bond motifs is 7. The third-order valence-corrected chi connectivity index (χ3v) is 5.50. The maximum atomic E-state index is 9.56. The van der Waals surface area contributed by atoms with Crippen molar-refractivity contribution < 1.29 is 14.5 Å². The summed E-state index contributed by atoms with van der Waals surface area (Å²) in [6.45, 7) is 4.36. The third kappa shape index (κ3) is 1.84. The number of hydrogen-bond donors (Lipinski definition) is 2. The number of furan rings is 1. The molecule has 1 aromatic heterocycles. The predicted molar refractivity (Wildman–Crippen MR) is 101 cm³/mol. The van der Waals surface area contributed by atoms with Crippen LogP contribution in [0.3, 0.4) is 0 Å². The molecule has 0 saturated heterocycles. The number of benzene rings is 3. The van der Waals surface area contributed by atoms with Gasteiger partial charge in [0.25, 0.3) is 0 Å². The molecule has 5 rings (SSSR count). The van der Waals surface area contributed by atoms with Crippen molar-refractivity contribution in [2.75, 3.05) is 0 Å². The van der Waals surface area contributed by atoms with Gasteiger partial charge in [0.05, 0.1) is 0 Å². The van der Waals surface area contributed by atoms with Gasteiger partial charge in [0.2, 0.25) is 0 Å². The van der Waals surface area contributed by atoms with Crippen molar-refractivity contribution in [2.24, 2.45) is 0 Å². The highest BCUT2D eigenvalue weighted by atomic mass is 16.4. The molecule has 0 atom stereocenters. The summed E-state index contributed by atoms with van der Waals surface area (Å²) in [6, 6.07) is 18.0. The Morgan fingerprint density at radius 3 is 2.48 bits per heavy atom. The van der Waals surface area contributed by atoms with Gasteiger partial charge in [-0.2, -0.15) is 0 Å². The number of hydrogen-bond acceptors (Lipinski definition) is 3. The first-order valence-corrected chi connectivity index (χ1v) is 8.44. The molecule has 1 heterocycles. The second-order valence-electron chi connectivity index (χ2n) is 7.26. The second-order valence-corrected chi connectivity index (χ2v) is 7.26. The van der Waals surface area contributed by atoms with Crippen LogP contribution in [0.4, 0.5) is 0 Å². The Hall–Kier alpha value is -2.56. The zero-order valence-electron chi connectivity index (χ0n) is 14.1. The van der Waals surface area contributed by atoms with Crippen LogP contribution in [0.1, 0.15) is 25.0 Å². The quantitative estimate of drug-likeness (QED) is 0.525. The highest BCUT2D eigenvalue weighted by Gasteiger charge is 2.38. The van der Waals surface area contributed by atoms with Crippen molar-refractivity contribution >= 4 is 34.5 Å². The van der Waals surface area contributed by atoms with Gasteiger partial charge in [-0.15, -0.1) is 0 Å². The minimum Gasteiger partial charge on any atom is -0.456 e. The van der Waals surface area contributed by atoms with E-state index in [-0.39, 0.29) is 5.41 Å². The van der Waals surface area contributed by atoms with Crippen LogP contribution in [0.15, 0.2) is 59.0 Å². The molecular formula is C21H17BO3. The molecule has 1 aliphatic carbocycles. The van der Waals surface area contributed by atoms with Gasteiger partial charge in [0.1, 0.15) is 11.2 Å². The van der Waals surface area contributed by atoms with E-state index in [1.807, 2.05) is 36.4 Å². The van der Waals surface area contributed by atoms with Crippen LogP contribution in [-0.4, -0.2) is 17.2 Å². The van der Waals surface area contributed by atoms with Crippen LogP contribution in [0.2, 0.25) is 0 Å². The first-order valence-electron chi connectivity index (χ1n) is 8.44. The Kier molecular flexibility index (Phi) is 2.80. The van der Waals surface area contributed by atoms with Gasteiger partial charge in [-0.25, -0.2) is 0 Å². The summed E-state index contributed by atoms with van der Waals surface area (Å²) in [4.78, 5) is 0. The standard InChI is InChI=1S/C21H17BO3/c1-21(2)15-9-10-18-20(14-5-3-4-6-17(14)25-18)19(15)13-8-7-12(22(23)24)11-16(13)21/h3-11,23-24H,1-2H3. The molecule has 0 saturated carbocycles. The van der Waals surface area contributed by atoms with E-state index in [1.54, 1.807) is 6.07 Å². The fraction of sp³-hybridized carbons (Fsp3) is 0.143. The molecule has 4 aromatic rings. The van der Waals surface area contributed by atoms with Gasteiger partial charge in [-0.05, 0) is 39.8 Å². The van der Waals surface area contributed by atoms with Crippen molar-refractivity contribution in [3.8, 4) is 11.1 Å². The fourth-order valence-electron chi connectivity index (χ4n) is 4.22. The van der Waals surface area contributed by atoms with Crippen molar-refractivity contribution in [1.82, 2.24) is 0 Å². The molecule has 0 radical (unpaired) electrons. The minimum absolute atomic E-state index is 0.206. The summed E-state index contributed by atoms with van der Waals surface area (Å²) in [7, 11) is -1.46. The third-order valence-electron chi connectivity index (χ3n) is 5.50. The van der Waals surface area contributed by atoms with Crippen LogP contribution < -0.4 is 5.46 Å². The molecule has 1 aliphatic rings. The van der Waals surface area contributed by atoms with Crippen molar-refractivity contribution in [1.29, 1.82) is 0 Å². The lowest BCUT2D eigenvalue weighted by Crippen LogP contribution is -2.31. The van der Waals surface area contributed by atoms with Crippen LogP contribution in [-0.2, 0) is 5.41 Å². The second kappa shape index (κ2) is 4.75. The molecule has 0 unspecified atom stereocenters. The van der Waals surface area contributed by atoms with Gasteiger partial charge in [-0.1, -0.05) is 56.3 Å². The number of para-hydroxylation sites is 1. The molecule has 3 nitrogen and oxygen atoms in total. The lowest BCUT2D eigenvalue weighted by Gasteiger charge is -2.21. The minimum atomic E-state index is -1.46. The summed E-state index contributed by atoms with van der Waals surface area (Å²) < 4.78 is 6.04. The fourth-order valence-corrected chi connectivity index (χ4v) is 4.22. The Bertz CT molecular complexity index is 1150. The molecular weight excluding hydrogens is 311 g/mol. The highest BCUT2D eigenvalue weighted by Crippen LogP contribution is 2.52. The van der Waals surface area contributed by atoms with Gasteiger partial charge in [-0.3, -0.25) is 0 Å². The summed E-state index contributed by atoms with van der Waals surface area (Å²) in [5.41, 5.74) is 6.78. The first kappa shape index (κ1) is 14.8.